The Labute approximate surface area is 137 Å². The second kappa shape index (κ2) is 8.34. The highest BCUT2D eigenvalue weighted by Gasteiger charge is 2.37. The predicted molar refractivity (Wildman–Crippen MR) is 76.1 cm³/mol. The molecule has 0 heterocycles. The fraction of sp³-hybridized carbons (Fsp3) is 0.438. The Morgan fingerprint density at radius 2 is 1.46 bits per heavy atom. The average Bonchev–Trinajstić information content (AvgIpc) is 2.58. The first kappa shape index (κ1) is 19.5. The third-order valence-electron chi connectivity index (χ3n) is 3.71. The number of carbonyl (C=O) groups excluding carboxylic acids is 2. The fourth-order valence-electron chi connectivity index (χ4n) is 2.29. The first-order valence-electron chi connectivity index (χ1n) is 6.99. The molecule has 0 atom stereocenters. The molecule has 0 aliphatic rings. The fourth-order valence-corrected chi connectivity index (χ4v) is 2.29. The third kappa shape index (κ3) is 4.47. The largest absolute Gasteiger partial charge is 0.469 e. The Hall–Kier alpha value is -2.56. The molecule has 0 radical (unpaired) electrons. The van der Waals surface area contributed by atoms with Gasteiger partial charge in [-0.05, 0) is 18.9 Å². The molecule has 0 amide bonds. The zero-order chi connectivity index (χ0) is 18.3. The lowest BCUT2D eigenvalue weighted by molar-refractivity contribution is -0.141. The van der Waals surface area contributed by atoms with Crippen LogP contribution in [0.1, 0.15) is 31.2 Å². The molecule has 0 fully saturated rings. The topological polar surface area (TPSA) is 76.4 Å². The molecule has 0 aliphatic carbocycles. The van der Waals surface area contributed by atoms with E-state index >= 15 is 0 Å². The van der Waals surface area contributed by atoms with Gasteiger partial charge in [0.15, 0.2) is 11.6 Å². The number of esters is 2. The molecule has 0 saturated heterocycles. The van der Waals surface area contributed by atoms with E-state index in [1.807, 2.05) is 6.07 Å². The van der Waals surface area contributed by atoms with Crippen molar-refractivity contribution >= 4 is 11.9 Å². The van der Waals surface area contributed by atoms with Crippen molar-refractivity contribution in [1.29, 1.82) is 5.26 Å². The first-order valence-corrected chi connectivity index (χ1v) is 6.99. The van der Waals surface area contributed by atoms with Gasteiger partial charge in [-0.2, -0.15) is 5.26 Å². The van der Waals surface area contributed by atoms with Gasteiger partial charge in [-0.3, -0.25) is 9.59 Å². The van der Waals surface area contributed by atoms with Crippen LogP contribution in [0.4, 0.5) is 13.2 Å². The van der Waals surface area contributed by atoms with Gasteiger partial charge in [0.2, 0.25) is 0 Å². The van der Waals surface area contributed by atoms with E-state index in [2.05, 4.69) is 9.47 Å². The summed E-state index contributed by atoms with van der Waals surface area (Å²) in [5, 5.41) is 9.55. The van der Waals surface area contributed by atoms with Crippen LogP contribution in [0.15, 0.2) is 12.1 Å². The Morgan fingerprint density at radius 3 is 1.88 bits per heavy atom. The third-order valence-corrected chi connectivity index (χ3v) is 3.71. The van der Waals surface area contributed by atoms with Crippen molar-refractivity contribution in [1.82, 2.24) is 0 Å². The second-order valence-electron chi connectivity index (χ2n) is 5.09. The van der Waals surface area contributed by atoms with Crippen molar-refractivity contribution in [3.05, 3.63) is 35.1 Å². The van der Waals surface area contributed by atoms with E-state index in [0.29, 0.717) is 12.1 Å². The van der Waals surface area contributed by atoms with Crippen molar-refractivity contribution in [2.75, 3.05) is 14.2 Å². The molecule has 0 aromatic heterocycles. The van der Waals surface area contributed by atoms with Crippen molar-refractivity contribution in [2.24, 2.45) is 0 Å². The molecule has 0 saturated carbocycles. The van der Waals surface area contributed by atoms with Gasteiger partial charge in [-0.25, -0.2) is 13.2 Å². The minimum absolute atomic E-state index is 0.227. The SMILES string of the molecule is COC(=O)CCC(C#N)(CCC(=O)OC)c1cc(F)c(F)cc1F. The molecule has 0 bridgehead atoms. The van der Waals surface area contributed by atoms with E-state index in [9.17, 15) is 28.0 Å². The summed E-state index contributed by atoms with van der Waals surface area (Å²) in [4.78, 5) is 22.7. The van der Waals surface area contributed by atoms with E-state index in [4.69, 9.17) is 0 Å². The van der Waals surface area contributed by atoms with Gasteiger partial charge in [0, 0.05) is 24.5 Å². The van der Waals surface area contributed by atoms with Crippen LogP contribution < -0.4 is 0 Å². The Balaban J connectivity index is 3.29. The molecule has 5 nitrogen and oxygen atoms in total. The minimum atomic E-state index is -1.71. The van der Waals surface area contributed by atoms with Crippen molar-refractivity contribution in [2.45, 2.75) is 31.1 Å². The number of ether oxygens (including phenoxy) is 2. The van der Waals surface area contributed by atoms with Gasteiger partial charge >= 0.3 is 11.9 Å². The number of nitriles is 1. The first-order chi connectivity index (χ1) is 11.3. The van der Waals surface area contributed by atoms with E-state index in [-0.39, 0.29) is 25.7 Å². The molecule has 1 aromatic rings. The Bertz CT molecular complexity index is 650. The number of carbonyl (C=O) groups is 2. The molecule has 1 aromatic carbocycles. The van der Waals surface area contributed by atoms with E-state index in [1.54, 1.807) is 0 Å². The number of benzene rings is 1. The lowest BCUT2D eigenvalue weighted by atomic mass is 9.74. The Kier molecular flexibility index (Phi) is 6.77. The smallest absolute Gasteiger partial charge is 0.305 e. The number of hydrogen-bond donors (Lipinski definition) is 0. The summed E-state index contributed by atoms with van der Waals surface area (Å²) in [6.45, 7) is 0. The van der Waals surface area contributed by atoms with E-state index in [0.717, 1.165) is 14.2 Å². The molecule has 0 unspecified atom stereocenters. The summed E-state index contributed by atoms with van der Waals surface area (Å²) in [6, 6.07) is 2.73. The summed E-state index contributed by atoms with van der Waals surface area (Å²) in [5.41, 5.74) is -2.13. The molecule has 0 aliphatic heterocycles. The molecular weight excluding hydrogens is 327 g/mol. The van der Waals surface area contributed by atoms with Crippen LogP contribution in [0.3, 0.4) is 0 Å². The highest BCUT2D eigenvalue weighted by molar-refractivity contribution is 5.70. The lowest BCUT2D eigenvalue weighted by Crippen LogP contribution is -2.28. The molecule has 130 valence electrons. The molecular formula is C16H16F3NO4. The van der Waals surface area contributed by atoms with Gasteiger partial charge in [0.1, 0.15) is 5.82 Å². The lowest BCUT2D eigenvalue weighted by Gasteiger charge is -2.27. The summed E-state index contributed by atoms with van der Waals surface area (Å²) >= 11 is 0. The van der Waals surface area contributed by atoms with Gasteiger partial charge in [0.05, 0.1) is 25.7 Å². The summed E-state index contributed by atoms with van der Waals surface area (Å²) in [6.07, 6.45) is -0.975. The van der Waals surface area contributed by atoms with Crippen LogP contribution in [0.25, 0.3) is 0 Å². The summed E-state index contributed by atoms with van der Waals surface area (Å²) in [5.74, 6) is -5.18. The molecule has 24 heavy (non-hydrogen) atoms. The zero-order valence-corrected chi connectivity index (χ0v) is 13.2. The number of methoxy groups -OCH3 is 2. The highest BCUT2D eigenvalue weighted by atomic mass is 19.2. The molecule has 1 rings (SSSR count). The molecule has 0 spiro atoms. The summed E-state index contributed by atoms with van der Waals surface area (Å²) < 4.78 is 49.8. The maximum atomic E-state index is 14.1. The maximum Gasteiger partial charge on any atom is 0.305 e. The van der Waals surface area contributed by atoms with Crippen LogP contribution in [-0.4, -0.2) is 26.2 Å². The van der Waals surface area contributed by atoms with Crippen molar-refractivity contribution in [3.8, 4) is 6.07 Å². The number of hydrogen-bond acceptors (Lipinski definition) is 5. The van der Waals surface area contributed by atoms with Gasteiger partial charge in [-0.1, -0.05) is 0 Å². The number of rotatable bonds is 7. The highest BCUT2D eigenvalue weighted by Crippen LogP contribution is 2.36. The van der Waals surface area contributed by atoms with Crippen molar-refractivity contribution in [3.63, 3.8) is 0 Å². The van der Waals surface area contributed by atoms with Crippen LogP contribution in [0.2, 0.25) is 0 Å². The van der Waals surface area contributed by atoms with Crippen LogP contribution >= 0.6 is 0 Å². The van der Waals surface area contributed by atoms with Crippen LogP contribution in [0, 0.1) is 28.8 Å². The van der Waals surface area contributed by atoms with E-state index in [1.165, 1.54) is 0 Å². The van der Waals surface area contributed by atoms with Gasteiger partial charge < -0.3 is 9.47 Å². The maximum absolute atomic E-state index is 14.1. The Morgan fingerprint density at radius 1 is 1.00 bits per heavy atom. The minimum Gasteiger partial charge on any atom is -0.469 e. The predicted octanol–water partition coefficient (Wildman–Crippen LogP) is 2.77. The summed E-state index contributed by atoms with van der Waals surface area (Å²) in [7, 11) is 2.28. The zero-order valence-electron chi connectivity index (χ0n) is 13.2. The standard InChI is InChI=1S/C16H16F3NO4/c1-23-14(21)3-5-16(9-20,6-4-15(22)24-2)10-7-12(18)13(19)8-11(10)17/h7-8H,3-6H2,1-2H3. The van der Waals surface area contributed by atoms with Crippen LogP contribution in [0.5, 0.6) is 0 Å². The van der Waals surface area contributed by atoms with Crippen LogP contribution in [-0.2, 0) is 24.5 Å². The number of halogens is 3. The van der Waals surface area contributed by atoms with Crippen molar-refractivity contribution < 1.29 is 32.2 Å². The second-order valence-corrected chi connectivity index (χ2v) is 5.09. The van der Waals surface area contributed by atoms with Gasteiger partial charge in [-0.15, -0.1) is 0 Å². The monoisotopic (exact) mass is 343 g/mol. The van der Waals surface area contributed by atoms with Gasteiger partial charge in [0.25, 0.3) is 0 Å². The number of nitrogens with zero attached hydrogens (tertiary/aromatic N) is 1. The van der Waals surface area contributed by atoms with E-state index < -0.39 is 40.4 Å². The molecule has 8 heteroatoms. The molecule has 0 N–H and O–H groups in total. The average molecular weight is 343 g/mol. The quantitative estimate of drug-likeness (QED) is 0.562. The normalized spacial score (nSPS) is 10.8.